The molecular formula is C25H28ClN3O3. The number of ether oxygens (including phenoxy) is 1. The number of nitrogens with zero attached hydrogens (tertiary/aromatic N) is 2. The molecule has 0 aliphatic heterocycles. The third-order valence-electron chi connectivity index (χ3n) is 6.11. The van der Waals surface area contributed by atoms with Crippen LogP contribution in [0, 0.1) is 0 Å². The third kappa shape index (κ3) is 4.80. The van der Waals surface area contributed by atoms with Crippen LogP contribution in [0.15, 0.2) is 41.2 Å². The number of aryl methyl sites for hydroxylation is 1. The standard InChI is InChI=1S/C25H28ClN3O3/c1-3-11-29(15-23-27-22-14-18(26)7-9-21(22)25(31)28-23)24(30)13-17-6-4-5-16-12-19(32-2)8-10-20(16)17/h7-10,12,14,17H,3-6,11,13,15H2,1-2H3,(H,27,28,31). The molecule has 1 amide bonds. The fourth-order valence-corrected chi connectivity index (χ4v) is 4.72. The second-order valence-electron chi connectivity index (χ2n) is 8.35. The van der Waals surface area contributed by atoms with Crippen molar-refractivity contribution in [1.29, 1.82) is 0 Å². The lowest BCUT2D eigenvalue weighted by molar-refractivity contribution is -0.132. The molecule has 0 fully saturated rings. The van der Waals surface area contributed by atoms with Gasteiger partial charge in [0.05, 0.1) is 24.6 Å². The molecule has 32 heavy (non-hydrogen) atoms. The van der Waals surface area contributed by atoms with Crippen LogP contribution in [-0.2, 0) is 17.8 Å². The van der Waals surface area contributed by atoms with Crippen molar-refractivity contribution in [2.75, 3.05) is 13.7 Å². The summed E-state index contributed by atoms with van der Waals surface area (Å²) in [4.78, 5) is 35.0. The van der Waals surface area contributed by atoms with Crippen molar-refractivity contribution >= 4 is 28.4 Å². The van der Waals surface area contributed by atoms with Crippen LogP contribution in [0.2, 0.25) is 5.02 Å². The number of aromatic nitrogens is 2. The van der Waals surface area contributed by atoms with E-state index in [-0.39, 0.29) is 23.9 Å². The fraction of sp³-hybridized carbons (Fsp3) is 0.400. The molecule has 1 N–H and O–H groups in total. The molecule has 1 aliphatic carbocycles. The maximum absolute atomic E-state index is 13.3. The lowest BCUT2D eigenvalue weighted by Crippen LogP contribution is -2.34. The number of rotatable bonds is 7. The Balaban J connectivity index is 1.54. The topological polar surface area (TPSA) is 75.3 Å². The van der Waals surface area contributed by atoms with Gasteiger partial charge in [-0.15, -0.1) is 0 Å². The number of carbonyl (C=O) groups is 1. The van der Waals surface area contributed by atoms with Crippen LogP contribution in [-0.4, -0.2) is 34.4 Å². The molecule has 1 aliphatic rings. The molecule has 0 saturated carbocycles. The zero-order valence-corrected chi connectivity index (χ0v) is 19.2. The molecule has 1 atom stereocenters. The van der Waals surface area contributed by atoms with E-state index >= 15 is 0 Å². The highest BCUT2D eigenvalue weighted by Gasteiger charge is 2.25. The summed E-state index contributed by atoms with van der Waals surface area (Å²) in [6, 6.07) is 11.2. The first-order valence-electron chi connectivity index (χ1n) is 11.1. The van der Waals surface area contributed by atoms with Crippen LogP contribution in [0.3, 0.4) is 0 Å². The smallest absolute Gasteiger partial charge is 0.258 e. The van der Waals surface area contributed by atoms with Crippen LogP contribution in [0.1, 0.15) is 55.5 Å². The van der Waals surface area contributed by atoms with E-state index < -0.39 is 0 Å². The Morgan fingerprint density at radius 3 is 2.91 bits per heavy atom. The predicted molar refractivity (Wildman–Crippen MR) is 126 cm³/mol. The number of benzene rings is 2. The molecule has 6 nitrogen and oxygen atoms in total. The molecule has 4 rings (SSSR count). The quantitative estimate of drug-likeness (QED) is 0.555. The fourth-order valence-electron chi connectivity index (χ4n) is 4.55. The summed E-state index contributed by atoms with van der Waals surface area (Å²) < 4.78 is 5.36. The number of methoxy groups -OCH3 is 1. The van der Waals surface area contributed by atoms with E-state index in [1.165, 1.54) is 11.1 Å². The Morgan fingerprint density at radius 2 is 2.12 bits per heavy atom. The number of hydrogen-bond acceptors (Lipinski definition) is 4. The first-order chi connectivity index (χ1) is 15.5. The van der Waals surface area contributed by atoms with Crippen molar-refractivity contribution in [1.82, 2.24) is 14.9 Å². The van der Waals surface area contributed by atoms with E-state index in [9.17, 15) is 9.59 Å². The number of carbonyl (C=O) groups excluding carboxylic acids is 1. The van der Waals surface area contributed by atoms with E-state index in [2.05, 4.69) is 22.1 Å². The van der Waals surface area contributed by atoms with Crippen molar-refractivity contribution in [3.05, 3.63) is 68.7 Å². The van der Waals surface area contributed by atoms with Crippen molar-refractivity contribution in [3.63, 3.8) is 0 Å². The number of H-pyrrole nitrogens is 1. The number of aromatic amines is 1. The summed E-state index contributed by atoms with van der Waals surface area (Å²) in [7, 11) is 1.67. The maximum atomic E-state index is 13.3. The van der Waals surface area contributed by atoms with Crippen LogP contribution >= 0.6 is 11.6 Å². The van der Waals surface area contributed by atoms with Gasteiger partial charge in [0, 0.05) is 18.0 Å². The molecule has 2 aromatic carbocycles. The van der Waals surface area contributed by atoms with Crippen molar-refractivity contribution < 1.29 is 9.53 Å². The summed E-state index contributed by atoms with van der Waals surface area (Å²) in [5, 5.41) is 1.01. The number of nitrogens with one attached hydrogen (secondary N) is 1. The Morgan fingerprint density at radius 1 is 1.28 bits per heavy atom. The van der Waals surface area contributed by atoms with Crippen LogP contribution in [0.4, 0.5) is 0 Å². The van der Waals surface area contributed by atoms with E-state index in [1.807, 2.05) is 13.0 Å². The molecule has 1 aromatic heterocycles. The molecule has 0 saturated heterocycles. The number of fused-ring (bicyclic) bond motifs is 2. The first kappa shape index (κ1) is 22.3. The predicted octanol–water partition coefficient (Wildman–Crippen LogP) is 4.83. The minimum Gasteiger partial charge on any atom is -0.497 e. The van der Waals surface area contributed by atoms with E-state index in [4.69, 9.17) is 16.3 Å². The largest absolute Gasteiger partial charge is 0.497 e. The molecule has 168 valence electrons. The van der Waals surface area contributed by atoms with Gasteiger partial charge >= 0.3 is 0 Å². The average Bonchev–Trinajstić information content (AvgIpc) is 2.78. The lowest BCUT2D eigenvalue weighted by Gasteiger charge is -2.28. The van der Waals surface area contributed by atoms with Crippen molar-refractivity contribution in [2.24, 2.45) is 0 Å². The van der Waals surface area contributed by atoms with Gasteiger partial charge in [0.2, 0.25) is 5.91 Å². The van der Waals surface area contributed by atoms with Gasteiger partial charge in [0.15, 0.2) is 0 Å². The number of amides is 1. The number of hydrogen-bond donors (Lipinski definition) is 1. The van der Waals surface area contributed by atoms with Gasteiger partial charge in [0.1, 0.15) is 11.6 Å². The second kappa shape index (κ2) is 9.74. The zero-order valence-electron chi connectivity index (χ0n) is 18.5. The van der Waals surface area contributed by atoms with Crippen molar-refractivity contribution in [2.45, 2.75) is 51.5 Å². The van der Waals surface area contributed by atoms with Gasteiger partial charge in [0.25, 0.3) is 5.56 Å². The highest BCUT2D eigenvalue weighted by atomic mass is 35.5. The summed E-state index contributed by atoms with van der Waals surface area (Å²) in [6.07, 6.45) is 4.35. The molecule has 3 aromatic rings. The van der Waals surface area contributed by atoms with Gasteiger partial charge in [-0.2, -0.15) is 0 Å². The molecule has 0 bridgehead atoms. The molecule has 0 radical (unpaired) electrons. The maximum Gasteiger partial charge on any atom is 0.258 e. The monoisotopic (exact) mass is 453 g/mol. The minimum atomic E-state index is -0.222. The summed E-state index contributed by atoms with van der Waals surface area (Å²) in [5.74, 6) is 1.60. The molecule has 7 heteroatoms. The molecular weight excluding hydrogens is 426 g/mol. The summed E-state index contributed by atoms with van der Waals surface area (Å²) in [6.45, 7) is 2.92. The highest BCUT2D eigenvalue weighted by Crippen LogP contribution is 2.36. The van der Waals surface area contributed by atoms with E-state index in [0.717, 1.165) is 31.4 Å². The normalized spacial score (nSPS) is 15.4. The number of halogens is 1. The second-order valence-corrected chi connectivity index (χ2v) is 8.78. The van der Waals surface area contributed by atoms with Gasteiger partial charge < -0.3 is 14.6 Å². The van der Waals surface area contributed by atoms with E-state index in [1.54, 1.807) is 30.2 Å². The van der Waals surface area contributed by atoms with Crippen LogP contribution < -0.4 is 10.3 Å². The Labute approximate surface area is 192 Å². The highest BCUT2D eigenvalue weighted by molar-refractivity contribution is 6.31. The zero-order chi connectivity index (χ0) is 22.7. The third-order valence-corrected chi connectivity index (χ3v) is 6.35. The summed E-state index contributed by atoms with van der Waals surface area (Å²) >= 11 is 6.07. The van der Waals surface area contributed by atoms with Crippen LogP contribution in [0.25, 0.3) is 10.9 Å². The van der Waals surface area contributed by atoms with Gasteiger partial charge in [-0.3, -0.25) is 9.59 Å². The molecule has 0 spiro atoms. The van der Waals surface area contributed by atoms with Gasteiger partial charge in [-0.1, -0.05) is 24.6 Å². The Bertz CT molecular complexity index is 1190. The molecule has 1 unspecified atom stereocenters. The Hall–Kier alpha value is -2.86. The molecule has 1 heterocycles. The van der Waals surface area contributed by atoms with Gasteiger partial charge in [-0.05, 0) is 73.1 Å². The van der Waals surface area contributed by atoms with Crippen LogP contribution in [0.5, 0.6) is 5.75 Å². The summed E-state index contributed by atoms with van der Waals surface area (Å²) in [5.41, 5.74) is 2.83. The average molecular weight is 454 g/mol. The lowest BCUT2D eigenvalue weighted by atomic mass is 9.80. The first-order valence-corrected chi connectivity index (χ1v) is 11.5. The minimum absolute atomic E-state index is 0.0781. The SMILES string of the molecule is CCCN(Cc1nc2cc(Cl)ccc2c(=O)[nH]1)C(=O)CC1CCCc2cc(OC)ccc21. The van der Waals surface area contributed by atoms with E-state index in [0.29, 0.717) is 34.7 Å². The Kier molecular flexibility index (Phi) is 6.80. The van der Waals surface area contributed by atoms with Gasteiger partial charge in [-0.25, -0.2) is 4.98 Å². The van der Waals surface area contributed by atoms with Crippen molar-refractivity contribution in [3.8, 4) is 5.75 Å².